The standard InChI is InChI=1S/C13H17F4NO/c1-3-10(12(18)4-6-19-7-5-12)11(14)8-9(2)13(15,16)17/h3,8H,2,4-7,18H2,1H3/b10-3+,11-8+. The van der Waals surface area contributed by atoms with Crippen molar-refractivity contribution >= 4 is 0 Å². The van der Waals surface area contributed by atoms with E-state index in [1.165, 1.54) is 6.08 Å². The van der Waals surface area contributed by atoms with E-state index in [1.54, 1.807) is 6.92 Å². The molecular formula is C13H17F4NO. The van der Waals surface area contributed by atoms with Crippen LogP contribution in [0.5, 0.6) is 0 Å². The molecule has 0 bridgehead atoms. The van der Waals surface area contributed by atoms with Crippen molar-refractivity contribution in [3.8, 4) is 0 Å². The lowest BCUT2D eigenvalue weighted by Crippen LogP contribution is -2.47. The number of hydrogen-bond donors (Lipinski definition) is 1. The molecule has 0 aromatic carbocycles. The smallest absolute Gasteiger partial charge is 0.381 e. The normalized spacial score (nSPS) is 21.4. The Morgan fingerprint density at radius 2 is 1.84 bits per heavy atom. The first-order valence-electron chi connectivity index (χ1n) is 5.88. The van der Waals surface area contributed by atoms with E-state index in [1.807, 2.05) is 0 Å². The van der Waals surface area contributed by atoms with Crippen molar-refractivity contribution in [3.05, 3.63) is 35.7 Å². The Labute approximate surface area is 109 Å². The molecule has 2 nitrogen and oxygen atoms in total. The van der Waals surface area contributed by atoms with Crippen molar-refractivity contribution in [3.63, 3.8) is 0 Å². The van der Waals surface area contributed by atoms with E-state index in [9.17, 15) is 17.6 Å². The van der Waals surface area contributed by atoms with Gasteiger partial charge in [0, 0.05) is 24.3 Å². The Bertz CT molecular complexity index is 403. The minimum Gasteiger partial charge on any atom is -0.381 e. The summed E-state index contributed by atoms with van der Waals surface area (Å²) in [6.07, 6.45) is -2.12. The highest BCUT2D eigenvalue weighted by Gasteiger charge is 2.36. The average molecular weight is 279 g/mol. The third-order valence-electron chi connectivity index (χ3n) is 3.13. The summed E-state index contributed by atoms with van der Waals surface area (Å²) in [5, 5.41) is 0. The van der Waals surface area contributed by atoms with Crippen LogP contribution in [-0.2, 0) is 4.74 Å². The molecule has 108 valence electrons. The number of nitrogens with two attached hydrogens (primary N) is 1. The number of halogens is 4. The topological polar surface area (TPSA) is 35.2 Å². The number of hydrogen-bond acceptors (Lipinski definition) is 2. The molecule has 19 heavy (non-hydrogen) atoms. The van der Waals surface area contributed by atoms with Gasteiger partial charge >= 0.3 is 6.18 Å². The molecule has 1 fully saturated rings. The highest BCUT2D eigenvalue weighted by Crippen LogP contribution is 2.34. The lowest BCUT2D eigenvalue weighted by atomic mass is 9.82. The molecule has 1 aliphatic heterocycles. The fraction of sp³-hybridized carbons (Fsp3) is 0.538. The zero-order valence-corrected chi connectivity index (χ0v) is 10.7. The highest BCUT2D eigenvalue weighted by atomic mass is 19.4. The van der Waals surface area contributed by atoms with Gasteiger partial charge in [0.25, 0.3) is 0 Å². The molecule has 1 rings (SSSR count). The summed E-state index contributed by atoms with van der Waals surface area (Å²) in [6, 6.07) is 0. The lowest BCUT2D eigenvalue weighted by Gasteiger charge is -2.35. The van der Waals surface area contributed by atoms with Crippen LogP contribution in [0.2, 0.25) is 0 Å². The van der Waals surface area contributed by atoms with Gasteiger partial charge in [0.05, 0.1) is 5.57 Å². The van der Waals surface area contributed by atoms with E-state index in [2.05, 4.69) is 6.58 Å². The van der Waals surface area contributed by atoms with Crippen LogP contribution < -0.4 is 5.73 Å². The maximum atomic E-state index is 14.0. The molecule has 0 saturated carbocycles. The monoisotopic (exact) mass is 279 g/mol. The fourth-order valence-electron chi connectivity index (χ4n) is 1.98. The molecule has 0 aromatic heterocycles. The van der Waals surface area contributed by atoms with E-state index in [4.69, 9.17) is 10.5 Å². The Balaban J connectivity index is 2.98. The molecule has 0 aliphatic carbocycles. The SMILES string of the molecule is C=C(/C=C(F)\C(=C/C)C1(N)CCOCC1)C(F)(F)F. The molecule has 0 unspecified atom stereocenters. The summed E-state index contributed by atoms with van der Waals surface area (Å²) in [6.45, 7) is 5.09. The van der Waals surface area contributed by atoms with Gasteiger partial charge in [-0.15, -0.1) is 0 Å². The Morgan fingerprint density at radius 3 is 2.26 bits per heavy atom. The zero-order valence-electron chi connectivity index (χ0n) is 10.7. The minimum atomic E-state index is -4.65. The van der Waals surface area contributed by atoms with Crippen molar-refractivity contribution in [1.29, 1.82) is 0 Å². The van der Waals surface area contributed by atoms with Crippen LogP contribution in [0.25, 0.3) is 0 Å². The summed E-state index contributed by atoms with van der Waals surface area (Å²) in [7, 11) is 0. The van der Waals surface area contributed by atoms with Gasteiger partial charge in [-0.1, -0.05) is 12.7 Å². The van der Waals surface area contributed by atoms with Gasteiger partial charge in [-0.05, 0) is 25.8 Å². The van der Waals surface area contributed by atoms with Gasteiger partial charge in [-0.2, -0.15) is 13.2 Å². The third-order valence-corrected chi connectivity index (χ3v) is 3.13. The van der Waals surface area contributed by atoms with Crippen LogP contribution in [-0.4, -0.2) is 24.9 Å². The summed E-state index contributed by atoms with van der Waals surface area (Å²) in [5.74, 6) is -0.991. The molecule has 0 amide bonds. The minimum absolute atomic E-state index is 0.0706. The molecule has 2 N–H and O–H groups in total. The van der Waals surface area contributed by atoms with Gasteiger partial charge in [-0.3, -0.25) is 0 Å². The van der Waals surface area contributed by atoms with Crippen molar-refractivity contribution < 1.29 is 22.3 Å². The van der Waals surface area contributed by atoms with Crippen molar-refractivity contribution in [2.75, 3.05) is 13.2 Å². The van der Waals surface area contributed by atoms with Crippen molar-refractivity contribution in [2.24, 2.45) is 5.73 Å². The van der Waals surface area contributed by atoms with Crippen molar-refractivity contribution in [2.45, 2.75) is 31.5 Å². The Hall–Kier alpha value is -1.14. The zero-order chi connectivity index (χ0) is 14.7. The second kappa shape index (κ2) is 5.88. The molecule has 0 atom stereocenters. The molecule has 0 radical (unpaired) electrons. The quantitative estimate of drug-likeness (QED) is 0.634. The lowest BCUT2D eigenvalue weighted by molar-refractivity contribution is -0.0879. The van der Waals surface area contributed by atoms with Gasteiger partial charge in [0.15, 0.2) is 0 Å². The van der Waals surface area contributed by atoms with Gasteiger partial charge in [0.1, 0.15) is 5.83 Å². The summed E-state index contributed by atoms with van der Waals surface area (Å²) in [5.41, 5.74) is 3.91. The number of rotatable bonds is 3. The van der Waals surface area contributed by atoms with Crippen LogP contribution in [0.1, 0.15) is 19.8 Å². The Kier molecular flexibility index (Phi) is 4.92. The second-order valence-corrected chi connectivity index (χ2v) is 4.49. The molecule has 6 heteroatoms. The van der Waals surface area contributed by atoms with Crippen molar-refractivity contribution in [1.82, 2.24) is 0 Å². The largest absolute Gasteiger partial charge is 0.415 e. The predicted molar refractivity (Wildman–Crippen MR) is 65.1 cm³/mol. The average Bonchev–Trinajstić information content (AvgIpc) is 2.28. The molecule has 1 aliphatic rings. The maximum absolute atomic E-state index is 14.0. The van der Waals surface area contributed by atoms with Crippen LogP contribution in [0.15, 0.2) is 35.7 Å². The third kappa shape index (κ3) is 3.91. The van der Waals surface area contributed by atoms with Crippen LogP contribution >= 0.6 is 0 Å². The van der Waals surface area contributed by atoms with Crippen LogP contribution in [0.4, 0.5) is 17.6 Å². The molecule has 0 spiro atoms. The van der Waals surface area contributed by atoms with Crippen LogP contribution in [0, 0.1) is 0 Å². The maximum Gasteiger partial charge on any atom is 0.415 e. The summed E-state index contributed by atoms with van der Waals surface area (Å²) >= 11 is 0. The molecule has 1 saturated heterocycles. The Morgan fingerprint density at radius 1 is 1.32 bits per heavy atom. The summed E-state index contributed by atoms with van der Waals surface area (Å²) in [4.78, 5) is 0. The van der Waals surface area contributed by atoms with E-state index in [-0.39, 0.29) is 5.57 Å². The molecule has 1 heterocycles. The summed E-state index contributed by atoms with van der Waals surface area (Å²) < 4.78 is 56.1. The first-order chi connectivity index (χ1) is 8.70. The first-order valence-corrected chi connectivity index (χ1v) is 5.88. The molecular weight excluding hydrogens is 262 g/mol. The fourth-order valence-corrected chi connectivity index (χ4v) is 1.98. The van der Waals surface area contributed by atoms with Gasteiger partial charge in [0.2, 0.25) is 0 Å². The molecule has 0 aromatic rings. The van der Waals surface area contributed by atoms with E-state index >= 15 is 0 Å². The van der Waals surface area contributed by atoms with Gasteiger partial charge < -0.3 is 10.5 Å². The highest BCUT2D eigenvalue weighted by molar-refractivity contribution is 5.40. The number of ether oxygens (including phenoxy) is 1. The number of alkyl halides is 3. The second-order valence-electron chi connectivity index (χ2n) is 4.49. The van der Waals surface area contributed by atoms with Gasteiger partial charge in [-0.25, -0.2) is 4.39 Å². The first kappa shape index (κ1) is 15.9. The number of allylic oxidation sites excluding steroid dienone is 3. The van der Waals surface area contributed by atoms with E-state index in [0.717, 1.165) is 0 Å². The predicted octanol–water partition coefficient (Wildman–Crippen LogP) is 3.41. The van der Waals surface area contributed by atoms with Crippen LogP contribution in [0.3, 0.4) is 0 Å². The van der Waals surface area contributed by atoms with E-state index < -0.39 is 23.1 Å². The van der Waals surface area contributed by atoms with E-state index in [0.29, 0.717) is 32.1 Å².